The largest absolute Gasteiger partial charge is 0.457 e. The molecule has 0 spiro atoms. The maximum atomic E-state index is 11.9. The standard InChI is InChI=1S/C29H32O7/c1-21(30)35-27-25(20-32-17-22-11-5-2-6-12-22)36-29(34-19-24-15-9-4-10-16-24)28(26(27)31)33-18-23-13-7-3-8-14-23/h2-16,25-29,31H,17-20H2,1H3/t25-,26+,27+,28-,29?/m1/s1. The number of carbonyl (C=O) groups is 1. The fourth-order valence-electron chi connectivity index (χ4n) is 4.06. The Bertz CT molecular complexity index is 1040. The fourth-order valence-corrected chi connectivity index (χ4v) is 4.06. The van der Waals surface area contributed by atoms with Crippen molar-refractivity contribution in [3.63, 3.8) is 0 Å². The van der Waals surface area contributed by atoms with Crippen LogP contribution in [0.25, 0.3) is 0 Å². The Balaban J connectivity index is 1.48. The predicted octanol–water partition coefficient (Wildman–Crippen LogP) is 4.02. The summed E-state index contributed by atoms with van der Waals surface area (Å²) in [7, 11) is 0. The summed E-state index contributed by atoms with van der Waals surface area (Å²) >= 11 is 0. The van der Waals surface area contributed by atoms with Crippen LogP contribution in [0.1, 0.15) is 23.6 Å². The zero-order valence-electron chi connectivity index (χ0n) is 20.3. The van der Waals surface area contributed by atoms with Crippen LogP contribution in [0.2, 0.25) is 0 Å². The van der Waals surface area contributed by atoms with Crippen LogP contribution < -0.4 is 0 Å². The molecule has 36 heavy (non-hydrogen) atoms. The van der Waals surface area contributed by atoms with E-state index in [2.05, 4.69) is 0 Å². The van der Waals surface area contributed by atoms with Gasteiger partial charge in [-0.25, -0.2) is 0 Å². The third-order valence-electron chi connectivity index (χ3n) is 5.85. The number of hydrogen-bond donors (Lipinski definition) is 1. The molecule has 1 unspecified atom stereocenters. The summed E-state index contributed by atoms with van der Waals surface area (Å²) in [4.78, 5) is 11.9. The van der Waals surface area contributed by atoms with Crippen molar-refractivity contribution in [1.29, 1.82) is 0 Å². The lowest BCUT2D eigenvalue weighted by atomic mass is 9.98. The van der Waals surface area contributed by atoms with Gasteiger partial charge in [-0.1, -0.05) is 91.0 Å². The van der Waals surface area contributed by atoms with E-state index in [1.165, 1.54) is 6.92 Å². The van der Waals surface area contributed by atoms with Gasteiger partial charge >= 0.3 is 5.97 Å². The first-order chi connectivity index (χ1) is 17.6. The minimum Gasteiger partial charge on any atom is -0.457 e. The first kappa shape index (κ1) is 26.0. The molecule has 0 radical (unpaired) electrons. The van der Waals surface area contributed by atoms with Gasteiger partial charge in [0.15, 0.2) is 12.4 Å². The lowest BCUT2D eigenvalue weighted by molar-refractivity contribution is -0.318. The highest BCUT2D eigenvalue weighted by atomic mass is 16.7. The molecule has 1 aliphatic heterocycles. The van der Waals surface area contributed by atoms with Crippen LogP contribution in [0.15, 0.2) is 91.0 Å². The van der Waals surface area contributed by atoms with Gasteiger partial charge in [0.2, 0.25) is 0 Å². The summed E-state index contributed by atoms with van der Waals surface area (Å²) < 4.78 is 29.7. The van der Waals surface area contributed by atoms with E-state index in [0.717, 1.165) is 16.7 Å². The highest BCUT2D eigenvalue weighted by molar-refractivity contribution is 5.66. The lowest BCUT2D eigenvalue weighted by Gasteiger charge is -2.43. The molecule has 5 atom stereocenters. The molecule has 1 N–H and O–H groups in total. The van der Waals surface area contributed by atoms with Crippen LogP contribution in [-0.2, 0) is 48.3 Å². The molecule has 0 aromatic heterocycles. The molecular formula is C29H32O7. The normalized spacial score (nSPS) is 23.8. The van der Waals surface area contributed by atoms with Crippen LogP contribution >= 0.6 is 0 Å². The highest BCUT2D eigenvalue weighted by Gasteiger charge is 2.48. The van der Waals surface area contributed by atoms with Gasteiger partial charge in [-0.3, -0.25) is 4.79 Å². The summed E-state index contributed by atoms with van der Waals surface area (Å²) in [5.41, 5.74) is 2.89. The number of rotatable bonds is 11. The summed E-state index contributed by atoms with van der Waals surface area (Å²) in [6.45, 7) is 2.25. The third kappa shape index (κ3) is 7.46. The first-order valence-corrected chi connectivity index (χ1v) is 12.0. The van der Waals surface area contributed by atoms with Gasteiger partial charge in [0, 0.05) is 6.92 Å². The summed E-state index contributed by atoms with van der Waals surface area (Å²) in [5, 5.41) is 11.3. The molecule has 0 bridgehead atoms. The molecule has 4 rings (SSSR count). The van der Waals surface area contributed by atoms with Gasteiger partial charge in [-0.2, -0.15) is 0 Å². The van der Waals surface area contributed by atoms with Crippen molar-refractivity contribution in [3.8, 4) is 0 Å². The Morgan fingerprint density at radius 2 is 1.25 bits per heavy atom. The van der Waals surface area contributed by atoms with Crippen LogP contribution in [0.4, 0.5) is 0 Å². The zero-order valence-corrected chi connectivity index (χ0v) is 20.3. The molecule has 1 fully saturated rings. The number of esters is 1. The van der Waals surface area contributed by atoms with Crippen LogP contribution in [-0.4, -0.2) is 48.4 Å². The number of carbonyl (C=O) groups excluding carboxylic acids is 1. The van der Waals surface area contributed by atoms with E-state index < -0.39 is 36.7 Å². The molecule has 0 aliphatic carbocycles. The van der Waals surface area contributed by atoms with E-state index in [9.17, 15) is 9.90 Å². The van der Waals surface area contributed by atoms with Crippen LogP contribution in [0.5, 0.6) is 0 Å². The Morgan fingerprint density at radius 1 is 0.750 bits per heavy atom. The second kappa shape index (κ2) is 13.3. The average molecular weight is 493 g/mol. The molecule has 1 saturated heterocycles. The Kier molecular flexibility index (Phi) is 9.61. The Labute approximate surface area is 211 Å². The predicted molar refractivity (Wildman–Crippen MR) is 133 cm³/mol. The third-order valence-corrected chi connectivity index (χ3v) is 5.85. The minimum absolute atomic E-state index is 0.0977. The van der Waals surface area contributed by atoms with Crippen molar-refractivity contribution in [1.82, 2.24) is 0 Å². The van der Waals surface area contributed by atoms with Crippen molar-refractivity contribution in [2.24, 2.45) is 0 Å². The van der Waals surface area contributed by atoms with E-state index in [1.54, 1.807) is 0 Å². The van der Waals surface area contributed by atoms with Gasteiger partial charge in [-0.05, 0) is 16.7 Å². The molecule has 0 amide bonds. The number of benzene rings is 3. The van der Waals surface area contributed by atoms with Crippen LogP contribution in [0.3, 0.4) is 0 Å². The van der Waals surface area contributed by atoms with E-state index in [0.29, 0.717) is 6.61 Å². The lowest BCUT2D eigenvalue weighted by Crippen LogP contribution is -2.61. The second-order valence-corrected chi connectivity index (χ2v) is 8.67. The maximum Gasteiger partial charge on any atom is 0.303 e. The average Bonchev–Trinajstić information content (AvgIpc) is 2.90. The first-order valence-electron chi connectivity index (χ1n) is 12.0. The monoisotopic (exact) mass is 492 g/mol. The van der Waals surface area contributed by atoms with E-state index >= 15 is 0 Å². The number of aliphatic hydroxyl groups excluding tert-OH is 1. The molecule has 190 valence electrons. The van der Waals surface area contributed by atoms with Crippen LogP contribution in [0, 0.1) is 0 Å². The SMILES string of the molecule is CC(=O)O[C@@H]1[C@H](O)[C@@H](OCc2ccccc2)C(OCc2ccccc2)O[C@@H]1COCc1ccccc1. The summed E-state index contributed by atoms with van der Waals surface area (Å²) in [5.74, 6) is -0.527. The smallest absolute Gasteiger partial charge is 0.303 e. The maximum absolute atomic E-state index is 11.9. The second-order valence-electron chi connectivity index (χ2n) is 8.67. The van der Waals surface area contributed by atoms with Crippen molar-refractivity contribution in [2.75, 3.05) is 6.61 Å². The molecule has 3 aromatic carbocycles. The molecule has 0 saturated carbocycles. The Hall–Kier alpha value is -3.07. The van der Waals surface area contributed by atoms with Crippen molar-refractivity contribution >= 4 is 5.97 Å². The van der Waals surface area contributed by atoms with Crippen molar-refractivity contribution < 1.29 is 33.6 Å². The molecule has 3 aromatic rings. The number of aliphatic hydroxyl groups is 1. The minimum atomic E-state index is -1.18. The van der Waals surface area contributed by atoms with Gasteiger partial charge in [0.25, 0.3) is 0 Å². The van der Waals surface area contributed by atoms with E-state index in [-0.39, 0.29) is 19.8 Å². The zero-order chi connectivity index (χ0) is 25.2. The molecule has 1 heterocycles. The molecular weight excluding hydrogens is 460 g/mol. The number of hydrogen-bond acceptors (Lipinski definition) is 7. The quantitative estimate of drug-likeness (QED) is 0.405. The van der Waals surface area contributed by atoms with Gasteiger partial charge in [0.05, 0.1) is 26.4 Å². The molecule has 7 heteroatoms. The van der Waals surface area contributed by atoms with E-state index in [4.69, 9.17) is 23.7 Å². The van der Waals surface area contributed by atoms with Gasteiger partial charge in [-0.15, -0.1) is 0 Å². The Morgan fingerprint density at radius 3 is 1.78 bits per heavy atom. The fraction of sp³-hybridized carbons (Fsp3) is 0.345. The van der Waals surface area contributed by atoms with Gasteiger partial charge in [0.1, 0.15) is 18.3 Å². The topological polar surface area (TPSA) is 83.5 Å². The highest BCUT2D eigenvalue weighted by Crippen LogP contribution is 2.29. The molecule has 7 nitrogen and oxygen atoms in total. The van der Waals surface area contributed by atoms with Crippen molar-refractivity contribution in [3.05, 3.63) is 108 Å². The summed E-state index contributed by atoms with van der Waals surface area (Å²) in [6.07, 6.45) is -4.69. The number of ether oxygens (including phenoxy) is 5. The van der Waals surface area contributed by atoms with Crippen molar-refractivity contribution in [2.45, 2.75) is 57.5 Å². The summed E-state index contributed by atoms with van der Waals surface area (Å²) in [6, 6.07) is 29.0. The van der Waals surface area contributed by atoms with Gasteiger partial charge < -0.3 is 28.8 Å². The molecule has 1 aliphatic rings. The van der Waals surface area contributed by atoms with E-state index in [1.807, 2.05) is 91.0 Å².